The summed E-state index contributed by atoms with van der Waals surface area (Å²) in [5, 5.41) is 9.14. The van der Waals surface area contributed by atoms with Crippen LogP contribution in [0.15, 0.2) is 18.3 Å². The summed E-state index contributed by atoms with van der Waals surface area (Å²) >= 11 is 0. The fraction of sp³-hybridized carbons (Fsp3) is 0.417. The van der Waals surface area contributed by atoms with Crippen LogP contribution in [0.4, 0.5) is 5.82 Å². The average Bonchev–Trinajstić information content (AvgIpc) is 2.87. The largest absolute Gasteiger partial charge is 0.481 e. The van der Waals surface area contributed by atoms with E-state index in [9.17, 15) is 9.59 Å². The first-order valence-corrected chi connectivity index (χ1v) is 5.80. The number of ether oxygens (including phenoxy) is 1. The van der Waals surface area contributed by atoms with Crippen LogP contribution in [-0.2, 0) is 9.53 Å². The zero-order chi connectivity index (χ0) is 14.0. The maximum Gasteiger partial charge on any atom is 0.311 e. The van der Waals surface area contributed by atoms with Crippen molar-refractivity contribution in [1.82, 2.24) is 4.98 Å². The van der Waals surface area contributed by atoms with Crippen molar-refractivity contribution < 1.29 is 19.4 Å². The lowest BCUT2D eigenvalue weighted by atomic mass is 10.0. The molecular weight excluding hydrogens is 250 g/mol. The van der Waals surface area contributed by atoms with Crippen LogP contribution >= 0.6 is 0 Å². The Morgan fingerprint density at radius 1 is 1.53 bits per heavy atom. The molecule has 2 heterocycles. The summed E-state index contributed by atoms with van der Waals surface area (Å²) in [5.74, 6) is -1.80. The molecular formula is C12H15N3O4. The summed E-state index contributed by atoms with van der Waals surface area (Å²) in [7, 11) is 1.68. The van der Waals surface area contributed by atoms with E-state index in [0.29, 0.717) is 5.82 Å². The van der Waals surface area contributed by atoms with Gasteiger partial charge in [0.15, 0.2) is 0 Å². The maximum atomic E-state index is 11.4. The van der Waals surface area contributed by atoms with Crippen LogP contribution < -0.4 is 10.6 Å². The Kier molecular flexibility index (Phi) is 3.66. The molecule has 0 radical (unpaired) electrons. The van der Waals surface area contributed by atoms with Crippen LogP contribution in [0.1, 0.15) is 10.4 Å². The van der Waals surface area contributed by atoms with Crippen molar-refractivity contribution in [1.29, 1.82) is 0 Å². The maximum absolute atomic E-state index is 11.4. The number of aliphatic carboxylic acids is 1. The van der Waals surface area contributed by atoms with E-state index in [2.05, 4.69) is 4.98 Å². The van der Waals surface area contributed by atoms with Gasteiger partial charge < -0.3 is 20.5 Å². The molecule has 1 saturated heterocycles. The Labute approximate surface area is 110 Å². The molecule has 1 aliphatic rings. The first-order chi connectivity index (χ1) is 9.02. The molecule has 2 rings (SSSR count). The molecule has 2 atom stereocenters. The molecule has 0 saturated carbocycles. The number of aromatic nitrogens is 1. The number of carbonyl (C=O) groups excluding carboxylic acids is 1. The van der Waals surface area contributed by atoms with Crippen molar-refractivity contribution in [2.45, 2.75) is 6.04 Å². The van der Waals surface area contributed by atoms with E-state index in [-0.39, 0.29) is 24.8 Å². The van der Waals surface area contributed by atoms with Gasteiger partial charge in [0, 0.05) is 13.2 Å². The summed E-state index contributed by atoms with van der Waals surface area (Å²) < 4.78 is 5.21. The van der Waals surface area contributed by atoms with E-state index >= 15 is 0 Å². The second-order valence-corrected chi connectivity index (χ2v) is 4.40. The molecule has 1 fully saturated rings. The number of nitrogens with two attached hydrogens (primary N) is 1. The van der Waals surface area contributed by atoms with Crippen molar-refractivity contribution in [3.63, 3.8) is 0 Å². The minimum Gasteiger partial charge on any atom is -0.481 e. The number of anilines is 1. The van der Waals surface area contributed by atoms with E-state index in [1.165, 1.54) is 6.20 Å². The van der Waals surface area contributed by atoms with Gasteiger partial charge in [-0.15, -0.1) is 0 Å². The smallest absolute Gasteiger partial charge is 0.311 e. The quantitative estimate of drug-likeness (QED) is 0.775. The standard InChI is InChI=1S/C12H15N3O4/c1-15(9-6-19-5-8(9)12(17)18)11-7(10(13)16)3-2-4-14-11/h2-4,8-9H,5-6H2,1H3,(H2,13,16)(H,17,18). The highest BCUT2D eigenvalue weighted by Gasteiger charge is 2.38. The first kappa shape index (κ1) is 13.3. The fourth-order valence-corrected chi connectivity index (χ4v) is 2.19. The van der Waals surface area contributed by atoms with Crippen molar-refractivity contribution in [2.75, 3.05) is 25.2 Å². The highest BCUT2D eigenvalue weighted by atomic mass is 16.5. The second kappa shape index (κ2) is 5.23. The number of carboxylic acids is 1. The number of hydrogen-bond acceptors (Lipinski definition) is 5. The minimum atomic E-state index is -0.925. The number of rotatable bonds is 4. The summed E-state index contributed by atoms with van der Waals surface area (Å²) in [4.78, 5) is 28.3. The number of amides is 1. The van der Waals surface area contributed by atoms with Gasteiger partial charge in [-0.25, -0.2) is 4.98 Å². The molecule has 19 heavy (non-hydrogen) atoms. The number of likely N-dealkylation sites (N-methyl/N-ethyl adjacent to an activating group) is 1. The molecule has 0 aliphatic carbocycles. The number of carboxylic acid groups (broad SMARTS) is 1. The minimum absolute atomic E-state index is 0.156. The fourth-order valence-electron chi connectivity index (χ4n) is 2.19. The molecule has 0 bridgehead atoms. The lowest BCUT2D eigenvalue weighted by molar-refractivity contribution is -0.141. The molecule has 102 valence electrons. The van der Waals surface area contributed by atoms with Crippen LogP contribution in [0.3, 0.4) is 0 Å². The predicted octanol–water partition coefficient (Wildman–Crippen LogP) is -0.284. The summed E-state index contributed by atoms with van der Waals surface area (Å²) in [5.41, 5.74) is 5.56. The van der Waals surface area contributed by atoms with Gasteiger partial charge in [-0.05, 0) is 12.1 Å². The highest BCUT2D eigenvalue weighted by molar-refractivity contribution is 5.97. The van der Waals surface area contributed by atoms with Crippen LogP contribution in [0, 0.1) is 5.92 Å². The van der Waals surface area contributed by atoms with Gasteiger partial charge in [-0.2, -0.15) is 0 Å². The normalized spacial score (nSPS) is 22.2. The molecule has 7 heteroatoms. The van der Waals surface area contributed by atoms with Crippen molar-refractivity contribution in [3.8, 4) is 0 Å². The number of hydrogen-bond donors (Lipinski definition) is 2. The Hall–Kier alpha value is -2.15. The first-order valence-electron chi connectivity index (χ1n) is 5.80. The molecule has 0 spiro atoms. The van der Waals surface area contributed by atoms with Crippen LogP contribution in [0.2, 0.25) is 0 Å². The summed E-state index contributed by atoms with van der Waals surface area (Å²) in [6, 6.07) is 2.80. The Morgan fingerprint density at radius 2 is 2.26 bits per heavy atom. The third-order valence-electron chi connectivity index (χ3n) is 3.25. The van der Waals surface area contributed by atoms with Gasteiger partial charge in [0.05, 0.1) is 24.8 Å². The molecule has 1 aliphatic heterocycles. The van der Waals surface area contributed by atoms with Gasteiger partial charge in [-0.3, -0.25) is 9.59 Å². The number of nitrogens with zero attached hydrogens (tertiary/aromatic N) is 2. The number of pyridine rings is 1. The van der Waals surface area contributed by atoms with E-state index < -0.39 is 17.8 Å². The number of carbonyl (C=O) groups is 2. The average molecular weight is 265 g/mol. The van der Waals surface area contributed by atoms with Crippen molar-refractivity contribution >= 4 is 17.7 Å². The monoisotopic (exact) mass is 265 g/mol. The zero-order valence-electron chi connectivity index (χ0n) is 10.4. The third-order valence-corrected chi connectivity index (χ3v) is 3.25. The van der Waals surface area contributed by atoms with Crippen molar-refractivity contribution in [2.24, 2.45) is 11.7 Å². The summed E-state index contributed by atoms with van der Waals surface area (Å²) in [6.07, 6.45) is 1.53. The molecule has 1 aromatic heterocycles. The Morgan fingerprint density at radius 3 is 2.89 bits per heavy atom. The summed E-state index contributed by atoms with van der Waals surface area (Å²) in [6.45, 7) is 0.436. The predicted molar refractivity (Wildman–Crippen MR) is 66.9 cm³/mol. The van der Waals surface area contributed by atoms with Gasteiger partial charge in [-0.1, -0.05) is 0 Å². The molecule has 1 amide bonds. The molecule has 2 unspecified atom stereocenters. The Bertz CT molecular complexity index is 506. The van der Waals surface area contributed by atoms with Crippen molar-refractivity contribution in [3.05, 3.63) is 23.9 Å². The third kappa shape index (κ3) is 2.50. The molecule has 7 nitrogen and oxygen atoms in total. The lowest BCUT2D eigenvalue weighted by Gasteiger charge is -2.28. The van der Waals surface area contributed by atoms with Crippen LogP contribution in [0.25, 0.3) is 0 Å². The van der Waals surface area contributed by atoms with Crippen LogP contribution in [-0.4, -0.2) is 48.3 Å². The van der Waals surface area contributed by atoms with Gasteiger partial charge in [0.1, 0.15) is 11.7 Å². The number of primary amides is 1. The molecule has 0 aromatic carbocycles. The van der Waals surface area contributed by atoms with E-state index in [1.54, 1.807) is 24.1 Å². The van der Waals surface area contributed by atoms with E-state index in [4.69, 9.17) is 15.6 Å². The van der Waals surface area contributed by atoms with Gasteiger partial charge >= 0.3 is 5.97 Å². The van der Waals surface area contributed by atoms with Gasteiger partial charge in [0.25, 0.3) is 5.91 Å². The van der Waals surface area contributed by atoms with Gasteiger partial charge in [0.2, 0.25) is 0 Å². The van der Waals surface area contributed by atoms with E-state index in [1.807, 2.05) is 0 Å². The lowest BCUT2D eigenvalue weighted by Crippen LogP contribution is -2.42. The molecule has 1 aromatic rings. The second-order valence-electron chi connectivity index (χ2n) is 4.40. The molecule has 3 N–H and O–H groups in total. The Balaban J connectivity index is 2.31. The SMILES string of the molecule is CN(c1ncccc1C(N)=O)C1COCC1C(=O)O. The van der Waals surface area contributed by atoms with E-state index in [0.717, 1.165) is 0 Å². The highest BCUT2D eigenvalue weighted by Crippen LogP contribution is 2.25. The van der Waals surface area contributed by atoms with Crippen LogP contribution in [0.5, 0.6) is 0 Å². The topological polar surface area (TPSA) is 106 Å². The zero-order valence-corrected chi connectivity index (χ0v) is 10.4.